The Morgan fingerprint density at radius 2 is 2.27 bits per heavy atom. The normalized spacial score (nSPS) is 34.9. The van der Waals surface area contributed by atoms with Gasteiger partial charge in [-0.1, -0.05) is 12.2 Å². The highest BCUT2D eigenvalue weighted by atomic mass is 16.6. The maximum Gasteiger partial charge on any atom is 0.190 e. The lowest BCUT2D eigenvalue weighted by atomic mass is 9.87. The van der Waals surface area contributed by atoms with Crippen molar-refractivity contribution in [3.8, 4) is 0 Å². The maximum atomic E-state index is 11.7. The molecule has 4 nitrogen and oxygen atoms in total. The van der Waals surface area contributed by atoms with Gasteiger partial charge in [-0.2, -0.15) is 0 Å². The van der Waals surface area contributed by atoms with Crippen molar-refractivity contribution in [3.63, 3.8) is 0 Å². The fourth-order valence-electron chi connectivity index (χ4n) is 1.94. The van der Waals surface area contributed by atoms with Crippen LogP contribution in [0.25, 0.3) is 0 Å². The van der Waals surface area contributed by atoms with Crippen molar-refractivity contribution in [2.45, 2.75) is 31.7 Å². The summed E-state index contributed by atoms with van der Waals surface area (Å²) in [5.74, 6) is -0.0903. The van der Waals surface area contributed by atoms with Crippen LogP contribution >= 0.6 is 0 Å². The monoisotopic (exact) mass is 210 g/mol. The maximum absolute atomic E-state index is 11.7. The quantitative estimate of drug-likeness (QED) is 0.506. The van der Waals surface area contributed by atoms with Crippen LogP contribution < -0.4 is 0 Å². The molecule has 15 heavy (non-hydrogen) atoms. The molecule has 0 spiro atoms. The number of carbonyl (C=O) groups excluding carboxylic acids is 1. The standard InChI is InChI=1S/C11H14O4/c1-2-3-4-6-7(5-12)9(14)11-10(15-11)8(6)13/h2-3,9-12,14H,4-5H2,1H3/b3-2+/t9-,10-,11+/m0/s1. The van der Waals surface area contributed by atoms with Gasteiger partial charge in [0.1, 0.15) is 18.3 Å². The van der Waals surface area contributed by atoms with Gasteiger partial charge in [0.25, 0.3) is 0 Å². The summed E-state index contributed by atoms with van der Waals surface area (Å²) in [6.07, 6.45) is 2.40. The third kappa shape index (κ3) is 1.65. The first-order valence-electron chi connectivity index (χ1n) is 5.02. The fourth-order valence-corrected chi connectivity index (χ4v) is 1.94. The predicted molar refractivity (Wildman–Crippen MR) is 53.2 cm³/mol. The fraction of sp³-hybridized carbons (Fsp3) is 0.545. The molecule has 1 saturated heterocycles. The zero-order valence-electron chi connectivity index (χ0n) is 8.51. The van der Waals surface area contributed by atoms with Gasteiger partial charge in [0.15, 0.2) is 5.78 Å². The second-order valence-electron chi connectivity index (χ2n) is 3.77. The number of aliphatic hydroxyl groups excluding tert-OH is 2. The average molecular weight is 210 g/mol. The summed E-state index contributed by atoms with van der Waals surface area (Å²) in [6.45, 7) is 1.58. The molecule has 1 aliphatic carbocycles. The van der Waals surface area contributed by atoms with Crippen molar-refractivity contribution >= 4 is 5.78 Å². The minimum absolute atomic E-state index is 0.0903. The number of allylic oxidation sites excluding steroid dienone is 2. The summed E-state index contributed by atoms with van der Waals surface area (Å²) < 4.78 is 5.07. The second kappa shape index (κ2) is 3.89. The Bertz CT molecular complexity index is 342. The lowest BCUT2D eigenvalue weighted by molar-refractivity contribution is -0.117. The molecule has 0 bridgehead atoms. The van der Waals surface area contributed by atoms with Crippen molar-refractivity contribution in [3.05, 3.63) is 23.3 Å². The minimum atomic E-state index is -0.821. The topological polar surface area (TPSA) is 70.1 Å². The van der Waals surface area contributed by atoms with Crippen LogP contribution in [0.2, 0.25) is 0 Å². The van der Waals surface area contributed by atoms with Crippen LogP contribution in [0, 0.1) is 0 Å². The molecule has 0 radical (unpaired) electrons. The number of epoxide rings is 1. The van der Waals surface area contributed by atoms with Crippen molar-refractivity contribution < 1.29 is 19.7 Å². The van der Waals surface area contributed by atoms with Crippen LogP contribution in [0.1, 0.15) is 13.3 Å². The van der Waals surface area contributed by atoms with Crippen LogP contribution in [-0.4, -0.2) is 40.9 Å². The van der Waals surface area contributed by atoms with Crippen molar-refractivity contribution in [2.75, 3.05) is 6.61 Å². The Morgan fingerprint density at radius 1 is 1.53 bits per heavy atom. The van der Waals surface area contributed by atoms with E-state index >= 15 is 0 Å². The lowest BCUT2D eigenvalue weighted by Crippen LogP contribution is -2.33. The van der Waals surface area contributed by atoms with E-state index in [0.29, 0.717) is 17.6 Å². The number of ketones is 1. The first-order chi connectivity index (χ1) is 7.20. The van der Waals surface area contributed by atoms with Gasteiger partial charge in [-0.3, -0.25) is 4.79 Å². The van der Waals surface area contributed by atoms with Crippen molar-refractivity contribution in [1.82, 2.24) is 0 Å². The number of fused-ring (bicyclic) bond motifs is 1. The van der Waals surface area contributed by atoms with E-state index in [-0.39, 0.29) is 12.4 Å². The molecule has 82 valence electrons. The van der Waals surface area contributed by atoms with Gasteiger partial charge < -0.3 is 14.9 Å². The third-order valence-electron chi connectivity index (χ3n) is 2.87. The molecule has 0 aromatic rings. The van der Waals surface area contributed by atoms with Crippen LogP contribution in [-0.2, 0) is 9.53 Å². The van der Waals surface area contributed by atoms with Gasteiger partial charge >= 0.3 is 0 Å². The van der Waals surface area contributed by atoms with E-state index in [1.165, 1.54) is 0 Å². The van der Waals surface area contributed by atoms with Gasteiger partial charge in [0.2, 0.25) is 0 Å². The SMILES string of the molecule is C/C=C/CC1=C(CO)[C@H](O)[C@H]2O[C@H]2C1=O. The highest BCUT2D eigenvalue weighted by Crippen LogP contribution is 2.38. The molecule has 1 aliphatic heterocycles. The van der Waals surface area contributed by atoms with Crippen LogP contribution in [0.15, 0.2) is 23.3 Å². The first-order valence-corrected chi connectivity index (χ1v) is 5.02. The van der Waals surface area contributed by atoms with E-state index in [2.05, 4.69) is 0 Å². The molecular formula is C11H14O4. The molecule has 2 rings (SSSR count). The molecule has 4 heteroatoms. The van der Waals surface area contributed by atoms with E-state index < -0.39 is 18.3 Å². The summed E-state index contributed by atoms with van der Waals surface area (Å²) >= 11 is 0. The molecule has 0 aromatic carbocycles. The van der Waals surface area contributed by atoms with Gasteiger partial charge in [0.05, 0.1) is 6.61 Å². The predicted octanol–water partition coefficient (Wildman–Crippen LogP) is -0.0475. The van der Waals surface area contributed by atoms with Gasteiger partial charge in [-0.25, -0.2) is 0 Å². The van der Waals surface area contributed by atoms with E-state index in [4.69, 9.17) is 9.84 Å². The molecule has 1 fully saturated rings. The van der Waals surface area contributed by atoms with E-state index in [1.54, 1.807) is 0 Å². The Morgan fingerprint density at radius 3 is 2.87 bits per heavy atom. The highest BCUT2D eigenvalue weighted by molar-refractivity contribution is 6.03. The van der Waals surface area contributed by atoms with Crippen molar-refractivity contribution in [2.24, 2.45) is 0 Å². The zero-order valence-corrected chi connectivity index (χ0v) is 8.51. The molecular weight excluding hydrogens is 196 g/mol. The largest absolute Gasteiger partial charge is 0.392 e. The molecule has 0 saturated carbocycles. The Balaban J connectivity index is 2.29. The first kappa shape index (κ1) is 10.5. The van der Waals surface area contributed by atoms with Gasteiger partial charge in [0, 0.05) is 5.57 Å². The van der Waals surface area contributed by atoms with E-state index in [1.807, 2.05) is 19.1 Å². The zero-order chi connectivity index (χ0) is 11.0. The summed E-state index contributed by atoms with van der Waals surface area (Å²) in [7, 11) is 0. The Hall–Kier alpha value is -0.970. The summed E-state index contributed by atoms with van der Waals surface area (Å²) in [5.41, 5.74) is 0.915. The highest BCUT2D eigenvalue weighted by Gasteiger charge is 2.55. The van der Waals surface area contributed by atoms with Crippen LogP contribution in [0.5, 0.6) is 0 Å². The Kier molecular flexibility index (Phi) is 2.73. The number of rotatable bonds is 3. The molecule has 0 aromatic heterocycles. The number of aliphatic hydroxyl groups is 2. The molecule has 0 amide bonds. The molecule has 2 N–H and O–H groups in total. The van der Waals surface area contributed by atoms with E-state index in [0.717, 1.165) is 0 Å². The lowest BCUT2D eigenvalue weighted by Gasteiger charge is -2.19. The summed E-state index contributed by atoms with van der Waals surface area (Å²) in [4.78, 5) is 11.7. The molecule has 3 atom stereocenters. The summed E-state index contributed by atoms with van der Waals surface area (Å²) in [5, 5.41) is 18.9. The van der Waals surface area contributed by atoms with Gasteiger partial charge in [-0.05, 0) is 18.9 Å². The van der Waals surface area contributed by atoms with Crippen LogP contribution in [0.3, 0.4) is 0 Å². The molecule has 0 unspecified atom stereocenters. The average Bonchev–Trinajstić information content (AvgIpc) is 3.01. The van der Waals surface area contributed by atoms with Crippen molar-refractivity contribution in [1.29, 1.82) is 0 Å². The number of ether oxygens (including phenoxy) is 1. The number of hydrogen-bond acceptors (Lipinski definition) is 4. The molecule has 2 aliphatic rings. The molecule has 1 heterocycles. The van der Waals surface area contributed by atoms with Crippen LogP contribution in [0.4, 0.5) is 0 Å². The number of Topliss-reactive ketones (excluding diaryl/α,β-unsaturated/α-hetero) is 1. The smallest absolute Gasteiger partial charge is 0.190 e. The Labute approximate surface area is 87.9 Å². The number of carbonyl (C=O) groups is 1. The second-order valence-corrected chi connectivity index (χ2v) is 3.77. The van der Waals surface area contributed by atoms with Gasteiger partial charge in [-0.15, -0.1) is 0 Å². The minimum Gasteiger partial charge on any atom is -0.392 e. The van der Waals surface area contributed by atoms with E-state index in [9.17, 15) is 9.90 Å². The summed E-state index contributed by atoms with van der Waals surface area (Å²) in [6, 6.07) is 0. The third-order valence-corrected chi connectivity index (χ3v) is 2.87. The number of hydrogen-bond donors (Lipinski definition) is 2.